The summed E-state index contributed by atoms with van der Waals surface area (Å²) < 4.78 is 14.6. The van der Waals surface area contributed by atoms with Crippen LogP contribution in [0.2, 0.25) is 0 Å². The molecule has 2 aliphatic heterocycles. The number of rotatable bonds is 4. The van der Waals surface area contributed by atoms with Crippen LogP contribution in [0, 0.1) is 64.1 Å². The van der Waals surface area contributed by atoms with Gasteiger partial charge < -0.3 is 9.47 Å². The molecule has 1 fully saturated rings. The van der Waals surface area contributed by atoms with Crippen LogP contribution in [0.5, 0.6) is 0 Å². The van der Waals surface area contributed by atoms with Gasteiger partial charge in [-0.3, -0.25) is 0 Å². The zero-order chi connectivity index (χ0) is 41.5. The molecule has 2 nitrogen and oxygen atoms in total. The number of hydrogen-bond acceptors (Lipinski definition) is 2. The van der Waals surface area contributed by atoms with Crippen molar-refractivity contribution in [2.75, 3.05) is 0 Å². The molecular weight excluding hydrogens is 753 g/mol. The lowest BCUT2D eigenvalue weighted by molar-refractivity contribution is 0.101. The van der Waals surface area contributed by atoms with Crippen molar-refractivity contribution in [1.82, 2.24) is 0 Å². The average molecular weight is 815 g/mol. The second kappa shape index (κ2) is 13.8. The molecule has 0 amide bonds. The Morgan fingerprint density at radius 3 is 2.21 bits per heavy atom. The zero-order valence-electron chi connectivity index (χ0n) is 37.2. The molecule has 0 aromatic carbocycles. The Labute approximate surface area is 370 Å². The van der Waals surface area contributed by atoms with E-state index >= 15 is 0 Å². The van der Waals surface area contributed by atoms with Crippen molar-refractivity contribution in [2.24, 2.45) is 64.1 Å². The van der Waals surface area contributed by atoms with Gasteiger partial charge in [-0.25, -0.2) is 0 Å². The first-order chi connectivity index (χ1) is 30.2. The molecule has 0 aromatic heterocycles. The van der Waals surface area contributed by atoms with Crippen LogP contribution < -0.4 is 0 Å². The largest absolute Gasteiger partial charge is 0.481 e. The zero-order valence-corrected chi connectivity index (χ0v) is 37.2. The summed E-state index contributed by atoms with van der Waals surface area (Å²) in [5, 5.41) is 0. The van der Waals surface area contributed by atoms with Gasteiger partial charge in [-0.15, -0.1) is 0 Å². The molecule has 11 aliphatic carbocycles. The van der Waals surface area contributed by atoms with Gasteiger partial charge in [0.05, 0.1) is 0 Å². The summed E-state index contributed by atoms with van der Waals surface area (Å²) in [6, 6.07) is 0. The van der Waals surface area contributed by atoms with Crippen LogP contribution in [0.4, 0.5) is 0 Å². The van der Waals surface area contributed by atoms with Gasteiger partial charge in [0.2, 0.25) is 0 Å². The predicted octanol–water partition coefficient (Wildman–Crippen LogP) is 14.2. The molecular formula is C60H62O2. The molecule has 1 saturated carbocycles. The van der Waals surface area contributed by atoms with E-state index in [1.165, 1.54) is 57.4 Å². The highest BCUT2D eigenvalue weighted by atomic mass is 16.5. The Morgan fingerprint density at radius 2 is 1.40 bits per heavy atom. The SMILES string of the molecule is CC1(C)C2=C(CCC(C3=CC=CC4C5=C(OC34)C3=C(CC5)C4C=CC=C(C5=CC=C6C7C=CC(C8=CCCC=C8)=CC7C(C)(C)C6C5)C4O3)C2)C2C=CC(C3C=CC=CC3)=CC21. The number of fused-ring (bicyclic) bond motifs is 10. The first kappa shape index (κ1) is 37.7. The minimum atomic E-state index is 0.0177. The maximum Gasteiger partial charge on any atom is 0.162 e. The van der Waals surface area contributed by atoms with Crippen LogP contribution >= 0.6 is 0 Å². The van der Waals surface area contributed by atoms with Crippen LogP contribution in [0.15, 0.2) is 200 Å². The predicted molar refractivity (Wildman–Crippen MR) is 252 cm³/mol. The second-order valence-corrected chi connectivity index (χ2v) is 21.9. The van der Waals surface area contributed by atoms with Gasteiger partial charge in [-0.1, -0.05) is 172 Å². The maximum absolute atomic E-state index is 7.31. The topological polar surface area (TPSA) is 18.5 Å². The summed E-state index contributed by atoms with van der Waals surface area (Å²) in [4.78, 5) is 0. The quantitative estimate of drug-likeness (QED) is 0.263. The van der Waals surface area contributed by atoms with Gasteiger partial charge >= 0.3 is 0 Å². The third-order valence-electron chi connectivity index (χ3n) is 18.4. The van der Waals surface area contributed by atoms with Gasteiger partial charge in [0.1, 0.15) is 12.2 Å². The molecule has 0 aromatic rings. The fourth-order valence-corrected chi connectivity index (χ4v) is 15.0. The van der Waals surface area contributed by atoms with E-state index in [0.29, 0.717) is 47.3 Å². The maximum atomic E-state index is 7.31. The Morgan fingerprint density at radius 1 is 0.597 bits per heavy atom. The minimum Gasteiger partial charge on any atom is -0.481 e. The molecule has 0 radical (unpaired) electrons. The minimum absolute atomic E-state index is 0.0177. The number of ether oxygens (including phenoxy) is 2. The lowest BCUT2D eigenvalue weighted by atomic mass is 9.68. The standard InChI is InChI=1S/C60H62O2/c1-59(2)51-31-37(35-13-7-5-8-14-35)21-25-43(51)45-27-23-39(33-53(45)59)41-17-11-19-47-49-29-30-50-48-20-12-18-42(56(48)62-58(50)57(49)61-55(41)47)40-24-28-46-44-26-22-38(36-15-9-6-10-16-36)32-52(44)60(3,4)54(46)34-40/h5,7-9,11-13,15-22,24-26,28,31-32,35,39,43-44,47-48,51-52,54-56H,6,10,14,23,27,29-30,33-34H2,1-4H3. The Hall–Kier alpha value is -4.82. The highest BCUT2D eigenvalue weighted by Crippen LogP contribution is 2.63. The smallest absolute Gasteiger partial charge is 0.162 e. The summed E-state index contributed by atoms with van der Waals surface area (Å²) in [5.41, 5.74) is 17.1. The molecule has 11 unspecified atom stereocenters. The fraction of sp³-hybridized carbons (Fsp3) is 0.433. The highest BCUT2D eigenvalue weighted by Gasteiger charge is 2.55. The molecule has 62 heavy (non-hydrogen) atoms. The van der Waals surface area contributed by atoms with Crippen molar-refractivity contribution >= 4 is 0 Å². The van der Waals surface area contributed by atoms with E-state index in [2.05, 4.69) is 155 Å². The van der Waals surface area contributed by atoms with E-state index in [0.717, 1.165) is 56.5 Å². The van der Waals surface area contributed by atoms with E-state index in [-0.39, 0.29) is 29.0 Å². The highest BCUT2D eigenvalue weighted by molar-refractivity contribution is 5.57. The van der Waals surface area contributed by atoms with E-state index < -0.39 is 0 Å². The molecule has 2 heteroatoms. The summed E-state index contributed by atoms with van der Waals surface area (Å²) in [6.45, 7) is 10.2. The summed E-state index contributed by atoms with van der Waals surface area (Å²) in [5.74, 6) is 6.39. The van der Waals surface area contributed by atoms with E-state index in [1.807, 2.05) is 0 Å². The summed E-state index contributed by atoms with van der Waals surface area (Å²) >= 11 is 0. The molecule has 0 N–H and O–H groups in total. The molecule has 0 bridgehead atoms. The Kier molecular flexibility index (Phi) is 8.42. The van der Waals surface area contributed by atoms with E-state index in [1.54, 1.807) is 16.7 Å². The van der Waals surface area contributed by atoms with Crippen LogP contribution in [-0.4, -0.2) is 12.2 Å². The molecule has 13 rings (SSSR count). The van der Waals surface area contributed by atoms with Crippen molar-refractivity contribution in [2.45, 2.75) is 97.7 Å². The molecule has 314 valence electrons. The van der Waals surface area contributed by atoms with Crippen molar-refractivity contribution in [3.63, 3.8) is 0 Å². The summed E-state index contributed by atoms with van der Waals surface area (Å²) in [6.07, 6.45) is 61.1. The fourth-order valence-electron chi connectivity index (χ4n) is 15.0. The van der Waals surface area contributed by atoms with Crippen LogP contribution in [-0.2, 0) is 9.47 Å². The molecule has 2 heterocycles. The molecule has 11 atom stereocenters. The van der Waals surface area contributed by atoms with Gasteiger partial charge in [0.15, 0.2) is 11.5 Å². The van der Waals surface area contributed by atoms with E-state index in [9.17, 15) is 0 Å². The Balaban J connectivity index is 0.724. The lowest BCUT2D eigenvalue weighted by Gasteiger charge is -2.37. The molecule has 0 spiro atoms. The van der Waals surface area contributed by atoms with Crippen molar-refractivity contribution in [3.8, 4) is 0 Å². The third-order valence-corrected chi connectivity index (χ3v) is 18.4. The first-order valence-corrected chi connectivity index (χ1v) is 24.4. The van der Waals surface area contributed by atoms with Crippen LogP contribution in [0.25, 0.3) is 0 Å². The third kappa shape index (κ3) is 5.46. The lowest BCUT2D eigenvalue weighted by Crippen LogP contribution is -2.30. The monoisotopic (exact) mass is 814 g/mol. The van der Waals surface area contributed by atoms with Gasteiger partial charge in [0, 0.05) is 29.6 Å². The van der Waals surface area contributed by atoms with Crippen LogP contribution in [0.1, 0.15) is 85.5 Å². The van der Waals surface area contributed by atoms with Crippen molar-refractivity contribution < 1.29 is 9.47 Å². The van der Waals surface area contributed by atoms with Crippen molar-refractivity contribution in [3.05, 3.63) is 200 Å². The van der Waals surface area contributed by atoms with E-state index in [4.69, 9.17) is 9.47 Å². The van der Waals surface area contributed by atoms with Gasteiger partial charge in [-0.05, 0) is 137 Å². The van der Waals surface area contributed by atoms with Gasteiger partial charge in [-0.2, -0.15) is 0 Å². The van der Waals surface area contributed by atoms with Crippen molar-refractivity contribution in [1.29, 1.82) is 0 Å². The second-order valence-electron chi connectivity index (χ2n) is 21.9. The molecule has 13 aliphatic rings. The summed E-state index contributed by atoms with van der Waals surface area (Å²) in [7, 11) is 0. The number of allylic oxidation sites excluding steroid dienone is 25. The Bertz CT molecular complexity index is 2610. The first-order valence-electron chi connectivity index (χ1n) is 24.4. The molecule has 0 saturated heterocycles. The average Bonchev–Trinajstić information content (AvgIpc) is 4.02. The van der Waals surface area contributed by atoms with Gasteiger partial charge in [0.25, 0.3) is 0 Å². The normalized spacial score (nSPS) is 39.4. The van der Waals surface area contributed by atoms with Crippen LogP contribution in [0.3, 0.4) is 0 Å². The number of hydrogen-bond donors (Lipinski definition) is 0.